The van der Waals surface area contributed by atoms with Crippen molar-refractivity contribution in [3.05, 3.63) is 29.8 Å². The van der Waals surface area contributed by atoms with Gasteiger partial charge in [0.2, 0.25) is 0 Å². The number of benzene rings is 1. The molecule has 17 heavy (non-hydrogen) atoms. The van der Waals surface area contributed by atoms with Crippen molar-refractivity contribution in [3.8, 4) is 17.6 Å². The molecule has 2 rings (SSSR count). The van der Waals surface area contributed by atoms with E-state index in [0.29, 0.717) is 5.75 Å². The maximum Gasteiger partial charge on any atom is 0.157 e. The summed E-state index contributed by atoms with van der Waals surface area (Å²) in [5.74, 6) is 6.14. The van der Waals surface area contributed by atoms with Crippen LogP contribution in [0.5, 0.6) is 5.75 Å². The smallest absolute Gasteiger partial charge is 0.157 e. The fourth-order valence-corrected chi connectivity index (χ4v) is 2.71. The molecule has 0 radical (unpaired) electrons. The number of hydrogen-bond donors (Lipinski definition) is 1. The molecule has 1 aliphatic rings. The normalized spacial score (nSPS) is 17.7. The third-order valence-electron chi connectivity index (χ3n) is 2.35. The maximum atomic E-state index is 10.9. The molecule has 90 valence electrons. The quantitative estimate of drug-likeness (QED) is 0.764. The van der Waals surface area contributed by atoms with Crippen LogP contribution in [-0.2, 0) is 9.84 Å². The van der Waals surface area contributed by atoms with Gasteiger partial charge in [0.15, 0.2) is 9.84 Å². The lowest BCUT2D eigenvalue weighted by Crippen LogP contribution is -2.45. The standard InChI is InChI=1S/C12H12O4S/c13-7-1-2-10-3-5-11(6-4-10)16-12-8-17(14,15)9-12/h3-6,12-13H,7-9H2. The van der Waals surface area contributed by atoms with Gasteiger partial charge >= 0.3 is 0 Å². The monoisotopic (exact) mass is 252 g/mol. The molecule has 1 aliphatic heterocycles. The highest BCUT2D eigenvalue weighted by Crippen LogP contribution is 2.19. The maximum absolute atomic E-state index is 10.9. The van der Waals surface area contributed by atoms with E-state index in [-0.39, 0.29) is 24.2 Å². The van der Waals surface area contributed by atoms with E-state index in [9.17, 15) is 8.42 Å². The molecule has 1 fully saturated rings. The molecule has 5 heteroatoms. The molecule has 1 heterocycles. The Hall–Kier alpha value is -1.51. The Morgan fingerprint density at radius 1 is 1.29 bits per heavy atom. The minimum atomic E-state index is -2.85. The minimum absolute atomic E-state index is 0.0963. The van der Waals surface area contributed by atoms with Gasteiger partial charge in [0.25, 0.3) is 0 Å². The van der Waals surface area contributed by atoms with Gasteiger partial charge in [-0.05, 0) is 24.3 Å². The minimum Gasteiger partial charge on any atom is -0.488 e. The van der Waals surface area contributed by atoms with E-state index < -0.39 is 9.84 Å². The molecule has 1 N–H and O–H groups in total. The molecular weight excluding hydrogens is 240 g/mol. The van der Waals surface area contributed by atoms with Crippen molar-refractivity contribution < 1.29 is 18.3 Å². The van der Waals surface area contributed by atoms with Gasteiger partial charge in [-0.25, -0.2) is 8.42 Å². The van der Waals surface area contributed by atoms with Crippen molar-refractivity contribution in [2.24, 2.45) is 0 Å². The van der Waals surface area contributed by atoms with Crippen LogP contribution in [0.25, 0.3) is 0 Å². The predicted octanol–water partition coefficient (Wildman–Crippen LogP) is 0.206. The summed E-state index contributed by atoms with van der Waals surface area (Å²) in [7, 11) is -2.85. The zero-order chi connectivity index (χ0) is 12.3. The first-order valence-corrected chi connectivity index (χ1v) is 6.98. The average molecular weight is 252 g/mol. The van der Waals surface area contributed by atoms with E-state index in [0.717, 1.165) is 5.56 Å². The largest absolute Gasteiger partial charge is 0.488 e. The second-order valence-electron chi connectivity index (χ2n) is 3.80. The highest BCUT2D eigenvalue weighted by atomic mass is 32.2. The zero-order valence-corrected chi connectivity index (χ0v) is 9.90. The molecular formula is C12H12O4S. The van der Waals surface area contributed by atoms with Gasteiger partial charge in [0.05, 0.1) is 11.5 Å². The number of ether oxygens (including phenoxy) is 1. The van der Waals surface area contributed by atoms with Crippen LogP contribution in [0, 0.1) is 11.8 Å². The predicted molar refractivity (Wildman–Crippen MR) is 63.5 cm³/mol. The third kappa shape index (κ3) is 3.22. The number of hydrogen-bond acceptors (Lipinski definition) is 4. The molecule has 0 unspecified atom stereocenters. The first kappa shape index (κ1) is 12.0. The summed E-state index contributed by atoms with van der Waals surface area (Å²) in [4.78, 5) is 0. The summed E-state index contributed by atoms with van der Waals surface area (Å²) in [5, 5.41) is 8.53. The van der Waals surface area contributed by atoms with Gasteiger partial charge in [-0.3, -0.25) is 0 Å². The Labute approximate surface area is 100 Å². The highest BCUT2D eigenvalue weighted by Gasteiger charge is 2.35. The summed E-state index contributed by atoms with van der Waals surface area (Å²) in [6.45, 7) is -0.168. The van der Waals surface area contributed by atoms with Crippen molar-refractivity contribution in [1.82, 2.24) is 0 Å². The fourth-order valence-electron chi connectivity index (χ4n) is 1.54. The summed E-state index contributed by atoms with van der Waals surface area (Å²) >= 11 is 0. The number of rotatable bonds is 2. The summed E-state index contributed by atoms with van der Waals surface area (Å²) in [5.41, 5.74) is 0.785. The second-order valence-corrected chi connectivity index (χ2v) is 5.95. The fraction of sp³-hybridized carbons (Fsp3) is 0.333. The summed E-state index contributed by atoms with van der Waals surface area (Å²) in [6, 6.07) is 7.02. The Kier molecular flexibility index (Phi) is 3.36. The van der Waals surface area contributed by atoms with E-state index in [2.05, 4.69) is 11.8 Å². The van der Waals surface area contributed by atoms with Crippen molar-refractivity contribution in [2.75, 3.05) is 18.1 Å². The van der Waals surface area contributed by atoms with E-state index in [4.69, 9.17) is 9.84 Å². The van der Waals surface area contributed by atoms with Crippen LogP contribution >= 0.6 is 0 Å². The van der Waals surface area contributed by atoms with Crippen LogP contribution in [0.1, 0.15) is 5.56 Å². The molecule has 1 saturated heterocycles. The Morgan fingerprint density at radius 2 is 1.94 bits per heavy atom. The lowest BCUT2D eigenvalue weighted by Gasteiger charge is -2.26. The van der Waals surface area contributed by atoms with Crippen LogP contribution in [0.4, 0.5) is 0 Å². The molecule has 0 aromatic heterocycles. The van der Waals surface area contributed by atoms with Gasteiger partial charge in [0, 0.05) is 5.56 Å². The van der Waals surface area contributed by atoms with Gasteiger partial charge in [-0.2, -0.15) is 0 Å². The summed E-state index contributed by atoms with van der Waals surface area (Å²) in [6.07, 6.45) is -0.227. The van der Waals surface area contributed by atoms with Crippen molar-refractivity contribution in [2.45, 2.75) is 6.10 Å². The third-order valence-corrected chi connectivity index (χ3v) is 4.11. The van der Waals surface area contributed by atoms with Gasteiger partial charge in [0.1, 0.15) is 18.5 Å². The van der Waals surface area contributed by atoms with E-state index in [1.54, 1.807) is 24.3 Å². The lowest BCUT2D eigenvalue weighted by atomic mass is 10.2. The first-order valence-electron chi connectivity index (χ1n) is 5.16. The molecule has 1 aromatic rings. The average Bonchev–Trinajstić information content (AvgIpc) is 2.26. The Morgan fingerprint density at radius 3 is 2.47 bits per heavy atom. The number of sulfone groups is 1. The van der Waals surface area contributed by atoms with Crippen LogP contribution in [-0.4, -0.2) is 37.7 Å². The number of aliphatic hydroxyl groups is 1. The lowest BCUT2D eigenvalue weighted by molar-refractivity contribution is 0.230. The molecule has 4 nitrogen and oxygen atoms in total. The highest BCUT2D eigenvalue weighted by molar-refractivity contribution is 7.92. The van der Waals surface area contributed by atoms with Crippen molar-refractivity contribution in [3.63, 3.8) is 0 Å². The molecule has 0 saturated carbocycles. The molecule has 0 spiro atoms. The SMILES string of the molecule is O=S1(=O)CC(Oc2ccc(C#CCO)cc2)C1. The molecule has 0 atom stereocenters. The van der Waals surface area contributed by atoms with Gasteiger partial charge in [-0.15, -0.1) is 0 Å². The molecule has 0 aliphatic carbocycles. The van der Waals surface area contributed by atoms with Crippen molar-refractivity contribution in [1.29, 1.82) is 0 Å². The molecule has 0 amide bonds. The molecule has 0 bridgehead atoms. The van der Waals surface area contributed by atoms with Gasteiger partial charge in [-0.1, -0.05) is 11.8 Å². The Balaban J connectivity index is 1.95. The summed E-state index contributed by atoms with van der Waals surface area (Å²) < 4.78 is 27.3. The van der Waals surface area contributed by atoms with Crippen LogP contribution in [0.3, 0.4) is 0 Å². The Bertz CT molecular complexity index is 536. The van der Waals surface area contributed by atoms with Crippen LogP contribution in [0.15, 0.2) is 24.3 Å². The van der Waals surface area contributed by atoms with Gasteiger partial charge < -0.3 is 9.84 Å². The van der Waals surface area contributed by atoms with E-state index in [1.807, 2.05) is 0 Å². The van der Waals surface area contributed by atoms with Crippen LogP contribution < -0.4 is 4.74 Å². The zero-order valence-electron chi connectivity index (χ0n) is 9.09. The van der Waals surface area contributed by atoms with E-state index >= 15 is 0 Å². The second kappa shape index (κ2) is 4.78. The topological polar surface area (TPSA) is 63.6 Å². The number of aliphatic hydroxyl groups excluding tert-OH is 1. The van der Waals surface area contributed by atoms with Crippen LogP contribution in [0.2, 0.25) is 0 Å². The molecule has 1 aromatic carbocycles. The first-order chi connectivity index (χ1) is 8.09. The van der Waals surface area contributed by atoms with Crippen molar-refractivity contribution >= 4 is 9.84 Å². The van der Waals surface area contributed by atoms with E-state index in [1.165, 1.54) is 0 Å².